The lowest BCUT2D eigenvalue weighted by Gasteiger charge is -1.99. The zero-order chi connectivity index (χ0) is 20.8. The van der Waals surface area contributed by atoms with Crippen LogP contribution in [0.5, 0.6) is 0 Å². The Morgan fingerprint density at radius 3 is 1.23 bits per heavy atom. The van der Waals surface area contributed by atoms with E-state index in [1.165, 1.54) is 12.1 Å². The molecule has 0 N–H and O–H groups in total. The van der Waals surface area contributed by atoms with Crippen molar-refractivity contribution in [3.05, 3.63) is 114 Å². The minimum Gasteiger partial charge on any atom is -0.269 e. The van der Waals surface area contributed by atoms with E-state index >= 15 is 0 Å². The van der Waals surface area contributed by atoms with Crippen LogP contribution in [0.25, 0.3) is 21.5 Å². The zero-order valence-corrected chi connectivity index (χ0v) is 15.6. The Labute approximate surface area is 168 Å². The minimum atomic E-state index is -0.508. The molecule has 0 aliphatic heterocycles. The second-order valence-corrected chi connectivity index (χ2v) is 6.98. The molecule has 0 spiro atoms. The molecule has 0 atom stereocenters. The summed E-state index contributed by atoms with van der Waals surface area (Å²) >= 11 is 0. The van der Waals surface area contributed by atoms with Crippen molar-refractivity contribution in [2.24, 2.45) is 0 Å². The average molecular weight is 398 g/mol. The fraction of sp³-hybridized carbons (Fsp3) is 0.0909. The van der Waals surface area contributed by atoms with Crippen molar-refractivity contribution in [1.82, 2.24) is 19.1 Å². The number of pyridine rings is 2. The van der Waals surface area contributed by atoms with E-state index in [1.54, 1.807) is 48.8 Å². The normalized spacial score (nSPS) is 11.5. The van der Waals surface area contributed by atoms with Crippen molar-refractivity contribution in [2.75, 3.05) is 0 Å². The highest BCUT2D eigenvalue weighted by Gasteiger charge is 2.20. The van der Waals surface area contributed by atoms with E-state index in [9.17, 15) is 19.2 Å². The average Bonchev–Trinajstić information content (AvgIpc) is 3.14. The van der Waals surface area contributed by atoms with Gasteiger partial charge in [-0.05, 0) is 36.4 Å². The van der Waals surface area contributed by atoms with Gasteiger partial charge in [0.05, 0.1) is 46.0 Å². The van der Waals surface area contributed by atoms with Gasteiger partial charge in [0.2, 0.25) is 0 Å². The maximum absolute atomic E-state index is 12.8. The van der Waals surface area contributed by atoms with Gasteiger partial charge in [0.1, 0.15) is 0 Å². The second kappa shape index (κ2) is 6.70. The smallest absolute Gasteiger partial charge is 0.261 e. The summed E-state index contributed by atoms with van der Waals surface area (Å²) in [4.78, 5) is 59.6. The van der Waals surface area contributed by atoms with Crippen LogP contribution in [0.4, 0.5) is 0 Å². The van der Waals surface area contributed by atoms with Crippen molar-refractivity contribution in [2.45, 2.75) is 13.1 Å². The lowest BCUT2D eigenvalue weighted by atomic mass is 10.1. The van der Waals surface area contributed by atoms with Crippen molar-refractivity contribution >= 4 is 21.5 Å². The molecule has 0 saturated carbocycles. The maximum Gasteiger partial charge on any atom is 0.261 e. The summed E-state index contributed by atoms with van der Waals surface area (Å²) in [6.07, 6.45) is 3.16. The van der Waals surface area contributed by atoms with E-state index in [0.717, 1.165) is 9.13 Å². The van der Waals surface area contributed by atoms with Gasteiger partial charge in [0.15, 0.2) is 0 Å². The van der Waals surface area contributed by atoms with Crippen LogP contribution in [-0.4, -0.2) is 19.1 Å². The van der Waals surface area contributed by atoms with E-state index < -0.39 is 22.2 Å². The first-order chi connectivity index (χ1) is 14.5. The van der Waals surface area contributed by atoms with Gasteiger partial charge in [-0.3, -0.25) is 38.3 Å². The Morgan fingerprint density at radius 1 is 0.567 bits per heavy atom. The predicted octanol–water partition coefficient (Wildman–Crippen LogP) is 0.799. The zero-order valence-electron chi connectivity index (χ0n) is 15.6. The van der Waals surface area contributed by atoms with Crippen molar-refractivity contribution < 1.29 is 0 Å². The highest BCUT2D eigenvalue weighted by atomic mass is 16.2. The van der Waals surface area contributed by atoms with Gasteiger partial charge in [-0.2, -0.15) is 0 Å². The number of benzene rings is 1. The van der Waals surface area contributed by atoms with E-state index in [1.807, 2.05) is 0 Å². The first-order valence-corrected chi connectivity index (χ1v) is 9.25. The third-order valence-corrected chi connectivity index (χ3v) is 5.15. The molecular formula is C22H14N4O4. The van der Waals surface area contributed by atoms with Gasteiger partial charge in [-0.15, -0.1) is 0 Å². The summed E-state index contributed by atoms with van der Waals surface area (Å²) in [5, 5.41) is 0.483. The van der Waals surface area contributed by atoms with Crippen LogP contribution in [0, 0.1) is 0 Å². The molecule has 4 heterocycles. The number of hydrogen-bond acceptors (Lipinski definition) is 6. The van der Waals surface area contributed by atoms with Crippen molar-refractivity contribution in [1.29, 1.82) is 0 Å². The fourth-order valence-electron chi connectivity index (χ4n) is 3.67. The van der Waals surface area contributed by atoms with Gasteiger partial charge >= 0.3 is 0 Å². The Hall–Kier alpha value is -4.20. The maximum atomic E-state index is 12.8. The van der Waals surface area contributed by atoms with Gasteiger partial charge in [-0.25, -0.2) is 0 Å². The molecule has 146 valence electrons. The van der Waals surface area contributed by atoms with Crippen LogP contribution >= 0.6 is 0 Å². The molecule has 0 aliphatic carbocycles. The molecular weight excluding hydrogens is 384 g/mol. The second-order valence-electron chi connectivity index (χ2n) is 6.98. The topological polar surface area (TPSA) is 104 Å². The Morgan fingerprint density at radius 2 is 0.933 bits per heavy atom. The fourth-order valence-corrected chi connectivity index (χ4v) is 3.67. The first-order valence-electron chi connectivity index (χ1n) is 9.25. The molecule has 0 bridgehead atoms. The van der Waals surface area contributed by atoms with Crippen LogP contribution in [0.3, 0.4) is 0 Å². The number of hydrogen-bond donors (Lipinski definition) is 0. The Balaban J connectivity index is 1.69. The van der Waals surface area contributed by atoms with Gasteiger partial charge in [0.25, 0.3) is 22.2 Å². The molecule has 8 nitrogen and oxygen atoms in total. The third kappa shape index (κ3) is 2.69. The molecule has 5 aromatic rings. The lowest BCUT2D eigenvalue weighted by molar-refractivity contribution is 0.733. The van der Waals surface area contributed by atoms with Crippen LogP contribution in [0.15, 0.2) is 80.1 Å². The summed E-state index contributed by atoms with van der Waals surface area (Å²) < 4.78 is 2.14. The summed E-state index contributed by atoms with van der Waals surface area (Å²) in [6.45, 7) is 0.0388. The van der Waals surface area contributed by atoms with Crippen molar-refractivity contribution in [3.63, 3.8) is 0 Å². The molecule has 4 aromatic heterocycles. The summed E-state index contributed by atoms with van der Waals surface area (Å²) in [7, 11) is 0. The molecule has 5 rings (SSSR count). The minimum absolute atomic E-state index is 0.0194. The van der Waals surface area contributed by atoms with E-state index in [2.05, 4.69) is 9.97 Å². The van der Waals surface area contributed by atoms with E-state index in [-0.39, 0.29) is 34.6 Å². The molecule has 1 aromatic carbocycles. The molecule has 0 amide bonds. The standard InChI is InChI=1S/C22H14N4O4/c27-19-15-9-17-18(22(30)26(21(17)29)12-14-6-2-4-8-24-14)10-16(15)20(28)25(19)11-13-5-1-3-7-23-13/h1-10H,11-12H2. The first kappa shape index (κ1) is 17.9. The molecule has 0 radical (unpaired) electrons. The molecule has 0 unspecified atom stereocenters. The number of nitrogens with zero attached hydrogens (tertiary/aromatic N) is 4. The summed E-state index contributed by atoms with van der Waals surface area (Å²) in [5.74, 6) is 0. The van der Waals surface area contributed by atoms with Crippen LogP contribution in [0.1, 0.15) is 11.4 Å². The summed E-state index contributed by atoms with van der Waals surface area (Å²) in [6, 6.07) is 13.1. The number of aromatic nitrogens is 4. The molecule has 0 fully saturated rings. The Kier molecular flexibility index (Phi) is 3.99. The van der Waals surface area contributed by atoms with Gasteiger partial charge < -0.3 is 0 Å². The van der Waals surface area contributed by atoms with Gasteiger partial charge in [0, 0.05) is 12.4 Å². The lowest BCUT2D eigenvalue weighted by Crippen LogP contribution is -2.27. The number of fused-ring (bicyclic) bond motifs is 2. The SMILES string of the molecule is O=c1c2cc3c(=O)n(Cc4ccccn4)c(=O)c3cc2c(=O)n1Cc1ccccn1. The number of rotatable bonds is 4. The monoisotopic (exact) mass is 398 g/mol. The molecule has 30 heavy (non-hydrogen) atoms. The molecule has 0 saturated heterocycles. The van der Waals surface area contributed by atoms with Crippen LogP contribution in [-0.2, 0) is 13.1 Å². The third-order valence-electron chi connectivity index (χ3n) is 5.15. The van der Waals surface area contributed by atoms with E-state index in [4.69, 9.17) is 0 Å². The largest absolute Gasteiger partial charge is 0.269 e. The summed E-state index contributed by atoms with van der Waals surface area (Å²) in [5.41, 5.74) is -0.904. The Bertz CT molecular complexity index is 1410. The van der Waals surface area contributed by atoms with Crippen molar-refractivity contribution in [3.8, 4) is 0 Å². The molecule has 0 aliphatic rings. The predicted molar refractivity (Wildman–Crippen MR) is 112 cm³/mol. The quantitative estimate of drug-likeness (QED) is 0.444. The van der Waals surface area contributed by atoms with Crippen LogP contribution in [0.2, 0.25) is 0 Å². The van der Waals surface area contributed by atoms with Gasteiger partial charge in [-0.1, -0.05) is 12.1 Å². The van der Waals surface area contributed by atoms with E-state index in [0.29, 0.717) is 11.4 Å². The highest BCUT2D eigenvalue weighted by Crippen LogP contribution is 2.15. The highest BCUT2D eigenvalue weighted by molar-refractivity contribution is 5.97. The van der Waals surface area contributed by atoms with Crippen LogP contribution < -0.4 is 22.2 Å². The molecule has 8 heteroatoms.